The summed E-state index contributed by atoms with van der Waals surface area (Å²) in [7, 11) is -3.02. The van der Waals surface area contributed by atoms with Crippen molar-refractivity contribution in [2.24, 2.45) is 0 Å². The number of benzene rings is 3. The topological polar surface area (TPSA) is 106 Å². The SMILES string of the molecule is CCc1cc(OCCc2ccc(C#N)c(O)c2)cc(OS(=O)(=O)c2cc(Cl)cc(Cl)c2OC)c1. The molecule has 0 unspecified atom stereocenters. The van der Waals surface area contributed by atoms with Crippen LogP contribution in [0.3, 0.4) is 0 Å². The van der Waals surface area contributed by atoms with Gasteiger partial charge in [0.2, 0.25) is 0 Å². The quantitative estimate of drug-likeness (QED) is 0.369. The highest BCUT2D eigenvalue weighted by Gasteiger charge is 2.25. The van der Waals surface area contributed by atoms with Gasteiger partial charge in [-0.3, -0.25) is 0 Å². The maximum absolute atomic E-state index is 13.0. The van der Waals surface area contributed by atoms with Crippen molar-refractivity contribution in [3.8, 4) is 29.1 Å². The van der Waals surface area contributed by atoms with E-state index in [4.69, 9.17) is 42.1 Å². The van der Waals surface area contributed by atoms with Gasteiger partial charge in [0.25, 0.3) is 0 Å². The number of aromatic hydroxyl groups is 1. The minimum atomic E-state index is -4.32. The first-order valence-corrected chi connectivity index (χ1v) is 12.3. The standard InChI is InChI=1S/C24H21Cl2NO6S/c1-3-15-8-19(32-7-6-16-4-5-17(14-27)22(28)10-16)13-20(9-15)33-34(29,30)23-12-18(25)11-21(26)24(23)31-2/h4-5,8-13,28H,3,6-7H2,1-2H3. The maximum atomic E-state index is 13.0. The second kappa shape index (κ2) is 10.9. The lowest BCUT2D eigenvalue weighted by Crippen LogP contribution is -2.12. The molecule has 0 heterocycles. The van der Waals surface area contributed by atoms with Gasteiger partial charge in [0.15, 0.2) is 10.6 Å². The molecule has 178 valence electrons. The van der Waals surface area contributed by atoms with Crippen molar-refractivity contribution in [1.29, 1.82) is 5.26 Å². The Morgan fingerprint density at radius 3 is 2.41 bits per heavy atom. The van der Waals surface area contributed by atoms with Crippen LogP contribution < -0.4 is 13.7 Å². The predicted molar refractivity (Wildman–Crippen MR) is 129 cm³/mol. The smallest absolute Gasteiger partial charge is 0.343 e. The molecule has 0 atom stereocenters. The first-order chi connectivity index (χ1) is 16.2. The van der Waals surface area contributed by atoms with Crippen molar-refractivity contribution in [1.82, 2.24) is 0 Å². The Balaban J connectivity index is 1.80. The molecule has 0 aliphatic heterocycles. The van der Waals surface area contributed by atoms with E-state index in [0.717, 1.165) is 11.1 Å². The van der Waals surface area contributed by atoms with Crippen molar-refractivity contribution in [2.45, 2.75) is 24.7 Å². The number of nitrogens with zero attached hydrogens (tertiary/aromatic N) is 1. The summed E-state index contributed by atoms with van der Waals surface area (Å²) < 4.78 is 42.2. The lowest BCUT2D eigenvalue weighted by molar-refractivity contribution is 0.320. The van der Waals surface area contributed by atoms with Crippen molar-refractivity contribution in [3.05, 3.63) is 75.3 Å². The van der Waals surface area contributed by atoms with E-state index in [-0.39, 0.29) is 44.4 Å². The monoisotopic (exact) mass is 521 g/mol. The summed E-state index contributed by atoms with van der Waals surface area (Å²) in [5.41, 5.74) is 1.78. The van der Waals surface area contributed by atoms with Crippen LogP contribution in [0.5, 0.6) is 23.0 Å². The molecule has 0 fully saturated rings. The number of halogens is 2. The number of hydrogen-bond donors (Lipinski definition) is 1. The van der Waals surface area contributed by atoms with Gasteiger partial charge in [0.1, 0.15) is 23.3 Å². The van der Waals surface area contributed by atoms with Gasteiger partial charge in [0.05, 0.1) is 24.3 Å². The molecule has 0 saturated carbocycles. The van der Waals surface area contributed by atoms with Gasteiger partial charge >= 0.3 is 10.1 Å². The molecule has 0 aliphatic carbocycles. The van der Waals surface area contributed by atoms with Crippen molar-refractivity contribution in [3.63, 3.8) is 0 Å². The fourth-order valence-corrected chi connectivity index (χ4v) is 4.99. The van der Waals surface area contributed by atoms with Crippen LogP contribution in [-0.2, 0) is 23.0 Å². The lowest BCUT2D eigenvalue weighted by Gasteiger charge is -2.14. The number of phenols is 1. The Morgan fingerprint density at radius 2 is 1.76 bits per heavy atom. The van der Waals surface area contributed by atoms with Gasteiger partial charge in [0, 0.05) is 17.5 Å². The van der Waals surface area contributed by atoms with E-state index >= 15 is 0 Å². The predicted octanol–water partition coefficient (Wildman–Crippen LogP) is 5.53. The molecule has 3 aromatic rings. The molecule has 0 radical (unpaired) electrons. The van der Waals surface area contributed by atoms with Crippen LogP contribution in [0.1, 0.15) is 23.6 Å². The summed E-state index contributed by atoms with van der Waals surface area (Å²) >= 11 is 12.1. The van der Waals surface area contributed by atoms with E-state index < -0.39 is 10.1 Å². The number of phenolic OH excluding ortho intramolecular Hbond substituents is 1. The fraction of sp³-hybridized carbons (Fsp3) is 0.208. The molecular weight excluding hydrogens is 501 g/mol. The summed E-state index contributed by atoms with van der Waals surface area (Å²) in [6.07, 6.45) is 1.08. The number of hydrogen-bond acceptors (Lipinski definition) is 7. The molecule has 0 aliphatic rings. The number of methoxy groups -OCH3 is 1. The van der Waals surface area contributed by atoms with Gasteiger partial charge in [-0.2, -0.15) is 13.7 Å². The number of ether oxygens (including phenoxy) is 2. The Kier molecular flexibility index (Phi) is 8.15. The molecular formula is C24H21Cl2NO6S. The second-order valence-corrected chi connectivity index (χ2v) is 9.54. The molecule has 0 bridgehead atoms. The van der Waals surface area contributed by atoms with Gasteiger partial charge in [-0.1, -0.05) is 36.2 Å². The second-order valence-electron chi connectivity index (χ2n) is 7.18. The molecule has 34 heavy (non-hydrogen) atoms. The summed E-state index contributed by atoms with van der Waals surface area (Å²) in [4.78, 5) is -0.294. The Hall–Kier alpha value is -3.12. The molecule has 10 heteroatoms. The third-order valence-electron chi connectivity index (χ3n) is 4.84. The van der Waals surface area contributed by atoms with E-state index in [2.05, 4.69) is 0 Å². The summed E-state index contributed by atoms with van der Waals surface area (Å²) in [6, 6.07) is 14.1. The van der Waals surface area contributed by atoms with Crippen LogP contribution in [0.15, 0.2) is 53.4 Å². The Labute approximate surface area is 208 Å². The van der Waals surface area contributed by atoms with Crippen LogP contribution in [0.25, 0.3) is 0 Å². The summed E-state index contributed by atoms with van der Waals surface area (Å²) in [5.74, 6) is 0.312. The van der Waals surface area contributed by atoms with Crippen molar-refractivity contribution < 1.29 is 27.2 Å². The van der Waals surface area contributed by atoms with Crippen LogP contribution in [0, 0.1) is 11.3 Å². The highest BCUT2D eigenvalue weighted by molar-refractivity contribution is 7.87. The van der Waals surface area contributed by atoms with Gasteiger partial charge in [-0.25, -0.2) is 0 Å². The first kappa shape index (κ1) is 25.5. The zero-order chi connectivity index (χ0) is 24.9. The third-order valence-corrected chi connectivity index (χ3v) is 6.60. The van der Waals surface area contributed by atoms with E-state index in [0.29, 0.717) is 18.6 Å². The van der Waals surface area contributed by atoms with Crippen LogP contribution in [0.4, 0.5) is 0 Å². The van der Waals surface area contributed by atoms with Gasteiger partial charge < -0.3 is 18.8 Å². The molecule has 0 amide bonds. The minimum absolute atomic E-state index is 0.0392. The van der Waals surface area contributed by atoms with E-state index in [1.54, 1.807) is 18.2 Å². The summed E-state index contributed by atoms with van der Waals surface area (Å²) in [5, 5.41) is 18.9. The zero-order valence-electron chi connectivity index (χ0n) is 18.3. The third kappa shape index (κ3) is 6.06. The number of rotatable bonds is 9. The molecule has 1 N–H and O–H groups in total. The van der Waals surface area contributed by atoms with Crippen LogP contribution in [-0.4, -0.2) is 27.2 Å². The van der Waals surface area contributed by atoms with Crippen molar-refractivity contribution >= 4 is 33.3 Å². The van der Waals surface area contributed by atoms with Gasteiger partial charge in [-0.15, -0.1) is 0 Å². The molecule has 3 aromatic carbocycles. The number of nitriles is 1. The lowest BCUT2D eigenvalue weighted by atomic mass is 10.1. The highest BCUT2D eigenvalue weighted by Crippen LogP contribution is 2.37. The van der Waals surface area contributed by atoms with E-state index in [1.165, 1.54) is 37.4 Å². The Bertz CT molecular complexity index is 1350. The first-order valence-electron chi connectivity index (χ1n) is 10.1. The fourth-order valence-electron chi connectivity index (χ4n) is 3.17. The molecule has 0 saturated heterocycles. The van der Waals surface area contributed by atoms with E-state index in [1.807, 2.05) is 13.0 Å². The van der Waals surface area contributed by atoms with E-state index in [9.17, 15) is 13.5 Å². The highest BCUT2D eigenvalue weighted by atomic mass is 35.5. The van der Waals surface area contributed by atoms with Crippen LogP contribution >= 0.6 is 23.2 Å². The molecule has 0 spiro atoms. The summed E-state index contributed by atoms with van der Waals surface area (Å²) in [6.45, 7) is 2.17. The zero-order valence-corrected chi connectivity index (χ0v) is 20.7. The average Bonchev–Trinajstić information content (AvgIpc) is 2.78. The molecule has 3 rings (SSSR count). The number of aryl methyl sites for hydroxylation is 1. The minimum Gasteiger partial charge on any atom is -0.507 e. The van der Waals surface area contributed by atoms with Crippen molar-refractivity contribution in [2.75, 3.05) is 13.7 Å². The average molecular weight is 522 g/mol. The maximum Gasteiger partial charge on any atom is 0.343 e. The molecule has 7 nitrogen and oxygen atoms in total. The molecule has 0 aromatic heterocycles. The van der Waals surface area contributed by atoms with Crippen LogP contribution in [0.2, 0.25) is 10.0 Å². The Morgan fingerprint density at radius 1 is 1.03 bits per heavy atom. The largest absolute Gasteiger partial charge is 0.507 e. The van der Waals surface area contributed by atoms with Gasteiger partial charge in [-0.05, 0) is 53.9 Å². The normalized spacial score (nSPS) is 11.0.